The molecule has 0 aromatic carbocycles. The monoisotopic (exact) mass is 297 g/mol. The minimum Gasteiger partial charge on any atom is -0.368 e. The molecule has 0 saturated carbocycles. The topological polar surface area (TPSA) is 53.6 Å². The lowest BCUT2D eigenvalue weighted by Crippen LogP contribution is -2.46. The van der Waals surface area contributed by atoms with Crippen LogP contribution in [0.1, 0.15) is 39.5 Å². The summed E-state index contributed by atoms with van der Waals surface area (Å²) in [4.78, 5) is 14.5. The normalized spacial score (nSPS) is 22.6. The predicted octanol–water partition coefficient (Wildman–Crippen LogP) is 0.992. The van der Waals surface area contributed by atoms with Gasteiger partial charge < -0.3 is 15.4 Å². The highest BCUT2D eigenvalue weighted by molar-refractivity contribution is 5.77. The summed E-state index contributed by atoms with van der Waals surface area (Å²) in [7, 11) is 0. The number of hydrogen-bond acceptors (Lipinski definition) is 4. The van der Waals surface area contributed by atoms with Gasteiger partial charge in [-0.3, -0.25) is 9.69 Å². The van der Waals surface area contributed by atoms with Gasteiger partial charge in [-0.25, -0.2) is 0 Å². The van der Waals surface area contributed by atoms with Gasteiger partial charge in [-0.1, -0.05) is 13.8 Å². The Bertz CT molecular complexity index is 311. The van der Waals surface area contributed by atoms with E-state index in [2.05, 4.69) is 29.4 Å². The Morgan fingerprint density at radius 3 is 2.57 bits per heavy atom. The molecule has 0 spiro atoms. The average molecular weight is 297 g/mol. The van der Waals surface area contributed by atoms with Crippen molar-refractivity contribution >= 4 is 5.91 Å². The number of nitrogens with zero attached hydrogens (tertiary/aromatic N) is 1. The highest BCUT2D eigenvalue weighted by atomic mass is 16.5. The molecule has 2 saturated heterocycles. The molecule has 0 aromatic heterocycles. The predicted molar refractivity (Wildman–Crippen MR) is 84.3 cm³/mol. The first-order chi connectivity index (χ1) is 10.2. The fourth-order valence-electron chi connectivity index (χ4n) is 3.28. The molecule has 0 radical (unpaired) electrons. The van der Waals surface area contributed by atoms with Crippen molar-refractivity contribution in [2.45, 2.75) is 51.7 Å². The molecule has 1 unspecified atom stereocenters. The summed E-state index contributed by atoms with van der Waals surface area (Å²) in [5.74, 6) is 0.590. The van der Waals surface area contributed by atoms with Crippen LogP contribution in [0.2, 0.25) is 0 Å². The van der Waals surface area contributed by atoms with Gasteiger partial charge in [0.15, 0.2) is 0 Å². The van der Waals surface area contributed by atoms with E-state index in [0.29, 0.717) is 12.0 Å². The van der Waals surface area contributed by atoms with Crippen LogP contribution in [0.25, 0.3) is 0 Å². The summed E-state index contributed by atoms with van der Waals surface area (Å²) in [6, 6.07) is 0.454. The van der Waals surface area contributed by atoms with Crippen molar-refractivity contribution in [2.75, 3.05) is 39.3 Å². The zero-order valence-electron chi connectivity index (χ0n) is 13.6. The van der Waals surface area contributed by atoms with Gasteiger partial charge >= 0.3 is 0 Å². The van der Waals surface area contributed by atoms with Crippen LogP contribution in [0.5, 0.6) is 0 Å². The number of carbonyl (C=O) groups is 1. The van der Waals surface area contributed by atoms with Crippen LogP contribution in [0.4, 0.5) is 0 Å². The quantitative estimate of drug-likeness (QED) is 0.736. The molecule has 2 aliphatic heterocycles. The minimum atomic E-state index is 0.0263. The van der Waals surface area contributed by atoms with E-state index in [1.54, 1.807) is 0 Å². The SMILES string of the molecule is CC(C)C(CNC(=O)COC1CCNCC1)N1CCCC1. The Morgan fingerprint density at radius 1 is 1.29 bits per heavy atom. The molecule has 2 heterocycles. The molecule has 2 aliphatic rings. The number of nitrogens with one attached hydrogen (secondary N) is 2. The number of carbonyl (C=O) groups excluding carboxylic acids is 1. The summed E-state index contributed by atoms with van der Waals surface area (Å²) in [6.45, 7) is 9.75. The number of piperidine rings is 1. The zero-order chi connectivity index (χ0) is 15.1. The van der Waals surface area contributed by atoms with Gasteiger partial charge in [0.25, 0.3) is 0 Å². The Kier molecular flexibility index (Phi) is 6.93. The first-order valence-electron chi connectivity index (χ1n) is 8.50. The lowest BCUT2D eigenvalue weighted by atomic mass is 10.0. The van der Waals surface area contributed by atoms with Gasteiger partial charge in [-0.05, 0) is 57.8 Å². The summed E-state index contributed by atoms with van der Waals surface area (Å²) in [5, 5.41) is 6.36. The Hall–Kier alpha value is -0.650. The third-order valence-corrected chi connectivity index (χ3v) is 4.62. The first-order valence-corrected chi connectivity index (χ1v) is 8.50. The lowest BCUT2D eigenvalue weighted by Gasteiger charge is -2.31. The Labute approximate surface area is 128 Å². The van der Waals surface area contributed by atoms with Crippen LogP contribution in [0.15, 0.2) is 0 Å². The van der Waals surface area contributed by atoms with Crippen molar-refractivity contribution in [3.63, 3.8) is 0 Å². The summed E-state index contributed by atoms with van der Waals surface area (Å²) < 4.78 is 5.70. The van der Waals surface area contributed by atoms with Gasteiger partial charge in [-0.15, -0.1) is 0 Å². The number of likely N-dealkylation sites (tertiary alicyclic amines) is 1. The van der Waals surface area contributed by atoms with E-state index in [1.807, 2.05) is 0 Å². The average Bonchev–Trinajstić information content (AvgIpc) is 3.00. The standard InChI is InChI=1S/C16H31N3O2/c1-13(2)15(19-9-3-4-10-19)11-18-16(20)12-21-14-5-7-17-8-6-14/h13-15,17H,3-12H2,1-2H3,(H,18,20). The maximum absolute atomic E-state index is 12.0. The number of amides is 1. The van der Waals surface area contributed by atoms with Gasteiger partial charge in [0, 0.05) is 12.6 Å². The van der Waals surface area contributed by atoms with Crippen molar-refractivity contribution in [3.05, 3.63) is 0 Å². The highest BCUT2D eigenvalue weighted by Gasteiger charge is 2.25. The molecule has 2 fully saturated rings. The van der Waals surface area contributed by atoms with Crippen LogP contribution < -0.4 is 10.6 Å². The molecule has 122 valence electrons. The summed E-state index contributed by atoms with van der Waals surface area (Å²) >= 11 is 0. The summed E-state index contributed by atoms with van der Waals surface area (Å²) in [5.41, 5.74) is 0. The second kappa shape index (κ2) is 8.71. The smallest absolute Gasteiger partial charge is 0.246 e. The van der Waals surface area contributed by atoms with E-state index in [-0.39, 0.29) is 18.6 Å². The van der Waals surface area contributed by atoms with Crippen molar-refractivity contribution < 1.29 is 9.53 Å². The van der Waals surface area contributed by atoms with Crippen molar-refractivity contribution in [1.82, 2.24) is 15.5 Å². The van der Waals surface area contributed by atoms with E-state index in [1.165, 1.54) is 25.9 Å². The lowest BCUT2D eigenvalue weighted by molar-refractivity contribution is -0.128. The molecule has 2 rings (SSSR count). The second-order valence-electron chi connectivity index (χ2n) is 6.62. The van der Waals surface area contributed by atoms with Gasteiger partial charge in [0.1, 0.15) is 6.61 Å². The van der Waals surface area contributed by atoms with E-state index in [0.717, 1.165) is 32.5 Å². The van der Waals surface area contributed by atoms with E-state index in [9.17, 15) is 4.79 Å². The third-order valence-electron chi connectivity index (χ3n) is 4.62. The molecular formula is C16H31N3O2. The number of ether oxygens (including phenoxy) is 1. The van der Waals surface area contributed by atoms with Gasteiger partial charge in [0.05, 0.1) is 6.10 Å². The second-order valence-corrected chi connectivity index (χ2v) is 6.62. The third kappa shape index (κ3) is 5.57. The summed E-state index contributed by atoms with van der Waals surface area (Å²) in [6.07, 6.45) is 4.84. The Balaban J connectivity index is 1.66. The van der Waals surface area contributed by atoms with Crippen LogP contribution in [-0.2, 0) is 9.53 Å². The largest absolute Gasteiger partial charge is 0.368 e. The molecule has 2 N–H and O–H groups in total. The van der Waals surface area contributed by atoms with Crippen molar-refractivity contribution in [1.29, 1.82) is 0 Å². The highest BCUT2D eigenvalue weighted by Crippen LogP contribution is 2.17. The van der Waals surface area contributed by atoms with Crippen molar-refractivity contribution in [3.8, 4) is 0 Å². The van der Waals surface area contributed by atoms with Crippen molar-refractivity contribution in [2.24, 2.45) is 5.92 Å². The molecule has 21 heavy (non-hydrogen) atoms. The van der Waals surface area contributed by atoms with Crippen LogP contribution in [0, 0.1) is 5.92 Å². The zero-order valence-corrected chi connectivity index (χ0v) is 13.6. The van der Waals surface area contributed by atoms with Gasteiger partial charge in [-0.2, -0.15) is 0 Å². The first kappa shape index (κ1) is 16.7. The van der Waals surface area contributed by atoms with Crippen LogP contribution in [0.3, 0.4) is 0 Å². The van der Waals surface area contributed by atoms with E-state index >= 15 is 0 Å². The Morgan fingerprint density at radius 2 is 1.95 bits per heavy atom. The molecular weight excluding hydrogens is 266 g/mol. The fourth-order valence-corrected chi connectivity index (χ4v) is 3.28. The van der Waals surface area contributed by atoms with E-state index < -0.39 is 0 Å². The molecule has 0 aromatic rings. The molecule has 0 bridgehead atoms. The minimum absolute atomic E-state index is 0.0263. The van der Waals surface area contributed by atoms with Crippen LogP contribution in [-0.4, -0.2) is 62.3 Å². The molecule has 5 heteroatoms. The molecule has 0 aliphatic carbocycles. The molecule has 5 nitrogen and oxygen atoms in total. The molecule has 1 amide bonds. The number of rotatable bonds is 7. The fraction of sp³-hybridized carbons (Fsp3) is 0.938. The molecule has 1 atom stereocenters. The van der Waals surface area contributed by atoms with Gasteiger partial charge in [0.2, 0.25) is 5.91 Å². The van der Waals surface area contributed by atoms with Crippen LogP contribution >= 0.6 is 0 Å². The maximum Gasteiger partial charge on any atom is 0.246 e. The maximum atomic E-state index is 12.0. The number of hydrogen-bond donors (Lipinski definition) is 2. The van der Waals surface area contributed by atoms with E-state index in [4.69, 9.17) is 4.74 Å².